The number of hydrogen-bond acceptors (Lipinski definition) is 4. The summed E-state index contributed by atoms with van der Waals surface area (Å²) in [5.41, 5.74) is 4.46. The van der Waals surface area contributed by atoms with E-state index in [0.29, 0.717) is 23.1 Å². The van der Waals surface area contributed by atoms with Gasteiger partial charge in [-0.1, -0.05) is 109 Å². The summed E-state index contributed by atoms with van der Waals surface area (Å²) in [6, 6.07) is 34.7. The van der Waals surface area contributed by atoms with E-state index in [4.69, 9.17) is 0 Å². The number of ketones is 2. The summed E-state index contributed by atoms with van der Waals surface area (Å²) in [6.45, 7) is 1.98. The summed E-state index contributed by atoms with van der Waals surface area (Å²) in [7, 11) is -4.00. The number of aryl methyl sites for hydroxylation is 1. The van der Waals surface area contributed by atoms with Gasteiger partial charge in [0.25, 0.3) is 0 Å². The van der Waals surface area contributed by atoms with Crippen LogP contribution in [0.1, 0.15) is 46.3 Å². The summed E-state index contributed by atoms with van der Waals surface area (Å²) in [5.74, 6) is -0.635. The average Bonchev–Trinajstić information content (AvgIpc) is 3.89. The number of nitrogens with zero attached hydrogens (tertiary/aromatic N) is 1. The van der Waals surface area contributed by atoms with E-state index in [1.54, 1.807) is 40.7 Å². The Labute approximate surface area is 253 Å². The number of rotatable bonds is 10. The van der Waals surface area contributed by atoms with Crippen molar-refractivity contribution < 1.29 is 18.0 Å². The van der Waals surface area contributed by atoms with Crippen molar-refractivity contribution in [3.8, 4) is 0 Å². The van der Waals surface area contributed by atoms with Crippen LogP contribution in [0.3, 0.4) is 0 Å². The number of carbonyl (C=O) groups excluding carboxylic acids is 2. The highest BCUT2D eigenvalue weighted by Crippen LogP contribution is 2.43. The Hall–Kier alpha value is -4.13. The molecule has 1 fully saturated rings. The minimum absolute atomic E-state index is 0.00236. The van der Waals surface area contributed by atoms with Gasteiger partial charge >= 0.3 is 0 Å². The van der Waals surface area contributed by atoms with Crippen molar-refractivity contribution in [1.29, 1.82) is 0 Å². The lowest BCUT2D eigenvalue weighted by atomic mass is 9.76. The first-order valence-electron chi connectivity index (χ1n) is 14.9. The first-order chi connectivity index (χ1) is 20.8. The summed E-state index contributed by atoms with van der Waals surface area (Å²) in [6.07, 6.45) is 2.22. The molecule has 0 amide bonds. The van der Waals surface area contributed by atoms with Crippen LogP contribution in [-0.2, 0) is 21.2 Å². The Morgan fingerprint density at radius 3 is 1.95 bits per heavy atom. The van der Waals surface area contributed by atoms with Crippen molar-refractivity contribution in [2.24, 2.45) is 11.8 Å². The van der Waals surface area contributed by atoms with Crippen molar-refractivity contribution in [2.75, 3.05) is 6.54 Å². The molecule has 4 aromatic carbocycles. The summed E-state index contributed by atoms with van der Waals surface area (Å²) >= 11 is 0. The highest BCUT2D eigenvalue weighted by atomic mass is 32.2. The smallest absolute Gasteiger partial charge is 0.243 e. The quantitative estimate of drug-likeness (QED) is 0.188. The van der Waals surface area contributed by atoms with Crippen molar-refractivity contribution >= 4 is 27.2 Å². The molecule has 0 spiro atoms. The minimum atomic E-state index is -4.00. The number of Topliss-reactive ketones (excluding diaryl/α,β-unsaturated/α-hetero) is 2. The fourth-order valence-electron chi connectivity index (χ4n) is 6.13. The van der Waals surface area contributed by atoms with Gasteiger partial charge < -0.3 is 0 Å². The maximum absolute atomic E-state index is 14.5. The van der Waals surface area contributed by atoms with Gasteiger partial charge in [0, 0.05) is 35.9 Å². The van der Waals surface area contributed by atoms with Gasteiger partial charge in [0.05, 0.1) is 10.9 Å². The molecular weight excluding hydrogens is 554 g/mol. The van der Waals surface area contributed by atoms with E-state index in [2.05, 4.69) is 0 Å². The van der Waals surface area contributed by atoms with Gasteiger partial charge in [-0.05, 0) is 55.0 Å². The zero-order valence-electron chi connectivity index (χ0n) is 24.2. The second kappa shape index (κ2) is 12.2. The molecule has 0 radical (unpaired) electrons. The lowest BCUT2D eigenvalue weighted by Gasteiger charge is -2.42. The SMILES string of the molecule is Cc1ccc(S(=O)(=O)N2C[C@H](CC(=O)C3CC3)C(C(=O)c3ccccc3)=C(c3ccccc3)[C@@H]2Cc2ccccc2)cc1. The third kappa shape index (κ3) is 6.17. The molecule has 1 heterocycles. The topological polar surface area (TPSA) is 71.5 Å². The third-order valence-corrected chi connectivity index (χ3v) is 10.4. The van der Waals surface area contributed by atoms with Crippen LogP contribution in [0.2, 0.25) is 0 Å². The molecule has 43 heavy (non-hydrogen) atoms. The van der Waals surface area contributed by atoms with Crippen LogP contribution < -0.4 is 0 Å². The minimum Gasteiger partial charge on any atom is -0.299 e. The van der Waals surface area contributed by atoms with E-state index in [9.17, 15) is 18.0 Å². The van der Waals surface area contributed by atoms with Crippen LogP contribution >= 0.6 is 0 Å². The Bertz CT molecular complexity index is 1740. The van der Waals surface area contributed by atoms with Crippen LogP contribution in [0, 0.1) is 18.8 Å². The number of hydrogen-bond donors (Lipinski definition) is 0. The van der Waals surface area contributed by atoms with Crippen LogP contribution in [0.4, 0.5) is 0 Å². The molecular formula is C37H35NO4S. The number of sulfonamides is 1. The molecule has 2 aliphatic rings. The van der Waals surface area contributed by atoms with Crippen LogP contribution in [0.25, 0.3) is 5.57 Å². The third-order valence-electron chi connectivity index (χ3n) is 8.52. The highest BCUT2D eigenvalue weighted by Gasteiger charge is 2.45. The molecule has 0 saturated heterocycles. The predicted molar refractivity (Wildman–Crippen MR) is 169 cm³/mol. The zero-order chi connectivity index (χ0) is 30.0. The lowest BCUT2D eigenvalue weighted by molar-refractivity contribution is -0.121. The molecule has 218 valence electrons. The number of carbonyl (C=O) groups is 2. The lowest BCUT2D eigenvalue weighted by Crippen LogP contribution is -2.50. The van der Waals surface area contributed by atoms with Gasteiger partial charge in [-0.3, -0.25) is 9.59 Å². The van der Waals surface area contributed by atoms with Gasteiger partial charge in [-0.15, -0.1) is 0 Å². The Balaban J connectivity index is 1.60. The van der Waals surface area contributed by atoms with Crippen molar-refractivity contribution in [3.05, 3.63) is 143 Å². The zero-order valence-corrected chi connectivity index (χ0v) is 25.0. The van der Waals surface area contributed by atoms with Crippen molar-refractivity contribution in [3.63, 3.8) is 0 Å². The van der Waals surface area contributed by atoms with Gasteiger partial charge in [0.15, 0.2) is 5.78 Å². The van der Waals surface area contributed by atoms with E-state index < -0.39 is 22.0 Å². The van der Waals surface area contributed by atoms with Gasteiger partial charge in [0.2, 0.25) is 10.0 Å². The van der Waals surface area contributed by atoms with E-state index in [-0.39, 0.29) is 35.3 Å². The van der Waals surface area contributed by atoms with E-state index in [1.165, 1.54) is 0 Å². The van der Waals surface area contributed by atoms with Gasteiger partial charge in [-0.25, -0.2) is 8.42 Å². The van der Waals surface area contributed by atoms with Crippen LogP contribution in [0.15, 0.2) is 126 Å². The average molecular weight is 590 g/mol. The highest BCUT2D eigenvalue weighted by molar-refractivity contribution is 7.89. The van der Waals surface area contributed by atoms with E-state index in [1.807, 2.05) is 85.8 Å². The Kier molecular flexibility index (Phi) is 8.24. The molecule has 0 aromatic heterocycles. The number of benzene rings is 4. The maximum Gasteiger partial charge on any atom is 0.243 e. The van der Waals surface area contributed by atoms with Gasteiger partial charge in [-0.2, -0.15) is 4.31 Å². The second-order valence-corrected chi connectivity index (χ2v) is 13.5. The predicted octanol–water partition coefficient (Wildman–Crippen LogP) is 6.93. The molecule has 5 nitrogen and oxygen atoms in total. The first-order valence-corrected chi connectivity index (χ1v) is 16.3. The summed E-state index contributed by atoms with van der Waals surface area (Å²) < 4.78 is 30.6. The fourth-order valence-corrected chi connectivity index (χ4v) is 7.77. The maximum atomic E-state index is 14.5. The summed E-state index contributed by atoms with van der Waals surface area (Å²) in [4.78, 5) is 28.0. The van der Waals surface area contributed by atoms with E-state index in [0.717, 1.165) is 29.5 Å². The fraction of sp³-hybridized carbons (Fsp3) is 0.243. The van der Waals surface area contributed by atoms with Crippen molar-refractivity contribution in [2.45, 2.75) is 43.5 Å². The summed E-state index contributed by atoms with van der Waals surface area (Å²) in [5, 5.41) is 0. The second-order valence-electron chi connectivity index (χ2n) is 11.6. The first kappa shape index (κ1) is 29.0. The molecule has 2 atom stereocenters. The van der Waals surface area contributed by atoms with Crippen LogP contribution in [-0.4, -0.2) is 36.9 Å². The molecule has 6 heteroatoms. The normalized spacial score (nSPS) is 19.3. The Morgan fingerprint density at radius 1 is 0.767 bits per heavy atom. The van der Waals surface area contributed by atoms with Gasteiger partial charge in [0.1, 0.15) is 5.78 Å². The van der Waals surface area contributed by atoms with E-state index >= 15 is 0 Å². The molecule has 0 N–H and O–H groups in total. The molecule has 1 saturated carbocycles. The molecule has 1 aliphatic heterocycles. The van der Waals surface area contributed by atoms with Crippen LogP contribution in [0.5, 0.6) is 0 Å². The monoisotopic (exact) mass is 589 g/mol. The molecule has 0 unspecified atom stereocenters. The van der Waals surface area contributed by atoms with Crippen molar-refractivity contribution in [1.82, 2.24) is 4.31 Å². The molecule has 4 aromatic rings. The molecule has 0 bridgehead atoms. The Morgan fingerprint density at radius 2 is 1.35 bits per heavy atom. The molecule has 6 rings (SSSR count). The largest absolute Gasteiger partial charge is 0.299 e. The molecule has 1 aliphatic carbocycles. The standard InChI is InChI=1S/C37H35NO4S/c1-26-17-21-32(22-18-26)43(41,42)38-25-31(24-34(39)28-19-20-28)36(37(40)30-15-9-4-10-16-30)35(29-13-7-3-8-14-29)33(38)23-27-11-5-2-6-12-27/h2-18,21-22,28,31,33H,19-20,23-25H2,1H3/t31-,33-/m0/s1.